The summed E-state index contributed by atoms with van der Waals surface area (Å²) in [5.74, 6) is 2.65. The number of hydrogen-bond donors (Lipinski definition) is 1. The highest BCUT2D eigenvalue weighted by molar-refractivity contribution is 4.98. The zero-order valence-electron chi connectivity index (χ0n) is 15.1. The second kappa shape index (κ2) is 6.58. The van der Waals surface area contributed by atoms with Crippen LogP contribution in [0.1, 0.15) is 73.1 Å². The summed E-state index contributed by atoms with van der Waals surface area (Å²) in [4.78, 5) is 2.77. The lowest BCUT2D eigenvalue weighted by molar-refractivity contribution is -0.00471. The maximum Gasteiger partial charge on any atom is 0.0331 e. The first-order valence-corrected chi connectivity index (χ1v) is 9.23. The van der Waals surface area contributed by atoms with Crippen LogP contribution in [0, 0.1) is 23.2 Å². The maximum absolute atomic E-state index is 6.27. The van der Waals surface area contributed by atoms with Crippen molar-refractivity contribution < 1.29 is 0 Å². The number of piperidine rings is 1. The molecule has 2 aliphatic rings. The van der Waals surface area contributed by atoms with Gasteiger partial charge in [-0.3, -0.25) is 4.90 Å². The third-order valence-corrected chi connectivity index (χ3v) is 6.67. The summed E-state index contributed by atoms with van der Waals surface area (Å²) in [6, 6.07) is 0. The van der Waals surface area contributed by atoms with E-state index in [1.54, 1.807) is 0 Å². The molecule has 2 fully saturated rings. The van der Waals surface area contributed by atoms with E-state index in [1.165, 1.54) is 51.6 Å². The Morgan fingerprint density at radius 2 is 1.57 bits per heavy atom. The van der Waals surface area contributed by atoms with Crippen LogP contribution in [-0.2, 0) is 0 Å². The molecule has 2 rings (SSSR count). The summed E-state index contributed by atoms with van der Waals surface area (Å²) < 4.78 is 0. The first kappa shape index (κ1) is 17.3. The molecule has 0 aromatic carbocycles. The van der Waals surface area contributed by atoms with Crippen LogP contribution in [-0.4, -0.2) is 30.1 Å². The van der Waals surface area contributed by atoms with E-state index >= 15 is 0 Å². The van der Waals surface area contributed by atoms with Crippen LogP contribution in [0.15, 0.2) is 0 Å². The van der Waals surface area contributed by atoms with E-state index in [-0.39, 0.29) is 0 Å². The predicted octanol–water partition coefficient (Wildman–Crippen LogP) is 4.29. The molecular weight excluding hydrogens is 256 g/mol. The Labute approximate surface area is 132 Å². The van der Waals surface area contributed by atoms with Gasteiger partial charge in [0.05, 0.1) is 0 Å². The van der Waals surface area contributed by atoms with Gasteiger partial charge >= 0.3 is 0 Å². The molecule has 2 heteroatoms. The minimum absolute atomic E-state index is 0.328. The Kier molecular flexibility index (Phi) is 5.41. The van der Waals surface area contributed by atoms with Crippen molar-refractivity contribution in [3.8, 4) is 0 Å². The van der Waals surface area contributed by atoms with Gasteiger partial charge in [-0.15, -0.1) is 0 Å². The highest BCUT2D eigenvalue weighted by Gasteiger charge is 2.42. The maximum atomic E-state index is 6.27. The number of hydrogen-bond acceptors (Lipinski definition) is 2. The molecule has 1 saturated carbocycles. The largest absolute Gasteiger partial charge is 0.329 e. The summed E-state index contributed by atoms with van der Waals surface area (Å²) in [5, 5.41) is 0. The third-order valence-electron chi connectivity index (χ3n) is 6.67. The van der Waals surface area contributed by atoms with Crippen LogP contribution in [0.4, 0.5) is 0 Å². The van der Waals surface area contributed by atoms with Crippen molar-refractivity contribution in [3.63, 3.8) is 0 Å². The van der Waals surface area contributed by atoms with Gasteiger partial charge in [0.2, 0.25) is 0 Å². The van der Waals surface area contributed by atoms with E-state index in [0.29, 0.717) is 11.0 Å². The lowest BCUT2D eigenvalue weighted by Gasteiger charge is -2.51. The minimum Gasteiger partial charge on any atom is -0.329 e. The van der Waals surface area contributed by atoms with Gasteiger partial charge in [-0.2, -0.15) is 0 Å². The van der Waals surface area contributed by atoms with Gasteiger partial charge in [0, 0.05) is 12.1 Å². The first-order chi connectivity index (χ1) is 9.78. The topological polar surface area (TPSA) is 29.3 Å². The van der Waals surface area contributed by atoms with Crippen molar-refractivity contribution in [1.29, 1.82) is 0 Å². The van der Waals surface area contributed by atoms with Crippen molar-refractivity contribution in [1.82, 2.24) is 4.90 Å². The van der Waals surface area contributed by atoms with Crippen LogP contribution in [0.5, 0.6) is 0 Å². The molecule has 2 nitrogen and oxygen atoms in total. The molecule has 1 aliphatic heterocycles. The number of nitrogens with zero attached hydrogens (tertiary/aromatic N) is 1. The van der Waals surface area contributed by atoms with Crippen molar-refractivity contribution in [2.45, 2.75) is 78.7 Å². The Hall–Kier alpha value is -0.0800. The second-order valence-corrected chi connectivity index (χ2v) is 9.14. The van der Waals surface area contributed by atoms with Gasteiger partial charge in [0.15, 0.2) is 0 Å². The Morgan fingerprint density at radius 3 is 1.95 bits per heavy atom. The fourth-order valence-corrected chi connectivity index (χ4v) is 4.71. The van der Waals surface area contributed by atoms with E-state index < -0.39 is 0 Å². The number of nitrogens with two attached hydrogens (primary N) is 1. The number of rotatable bonds is 3. The van der Waals surface area contributed by atoms with E-state index in [4.69, 9.17) is 5.73 Å². The molecule has 1 saturated heterocycles. The van der Waals surface area contributed by atoms with Crippen molar-refractivity contribution in [2.24, 2.45) is 28.9 Å². The molecule has 0 bridgehead atoms. The normalized spacial score (nSPS) is 33.6. The van der Waals surface area contributed by atoms with Crippen molar-refractivity contribution in [2.75, 3.05) is 19.6 Å². The fraction of sp³-hybridized carbons (Fsp3) is 1.00. The monoisotopic (exact) mass is 294 g/mol. The standard InChI is InChI=1S/C19H38N2/c1-15(2)16-6-10-19(14-20,11-7-16)21-12-8-17(9-13-21)18(3,4)5/h15-17H,6-14,20H2,1-5H3. The molecule has 0 radical (unpaired) electrons. The molecule has 0 spiro atoms. The van der Waals surface area contributed by atoms with E-state index in [9.17, 15) is 0 Å². The van der Waals surface area contributed by atoms with Gasteiger partial charge in [0.1, 0.15) is 0 Å². The van der Waals surface area contributed by atoms with E-state index in [0.717, 1.165) is 24.3 Å². The van der Waals surface area contributed by atoms with Crippen molar-refractivity contribution >= 4 is 0 Å². The van der Waals surface area contributed by atoms with Crippen molar-refractivity contribution in [3.05, 3.63) is 0 Å². The lowest BCUT2D eigenvalue weighted by Crippen LogP contribution is -2.58. The summed E-state index contributed by atoms with van der Waals surface area (Å²) in [5.41, 5.74) is 7.07. The quantitative estimate of drug-likeness (QED) is 0.841. The van der Waals surface area contributed by atoms with Crippen LogP contribution in [0.3, 0.4) is 0 Å². The summed E-state index contributed by atoms with van der Waals surface area (Å²) in [6.07, 6.45) is 8.14. The molecular formula is C19H38N2. The highest BCUT2D eigenvalue weighted by Crippen LogP contribution is 2.42. The average molecular weight is 295 g/mol. The van der Waals surface area contributed by atoms with Crippen LogP contribution in [0.2, 0.25) is 0 Å². The van der Waals surface area contributed by atoms with Gasteiger partial charge in [-0.25, -0.2) is 0 Å². The molecule has 0 amide bonds. The zero-order chi connectivity index (χ0) is 15.7. The Bertz CT molecular complexity index is 313. The first-order valence-electron chi connectivity index (χ1n) is 9.23. The molecule has 1 aliphatic carbocycles. The molecule has 124 valence electrons. The third kappa shape index (κ3) is 3.82. The molecule has 2 N–H and O–H groups in total. The smallest absolute Gasteiger partial charge is 0.0331 e. The lowest BCUT2D eigenvalue weighted by atomic mass is 9.70. The van der Waals surface area contributed by atoms with Crippen LogP contribution < -0.4 is 5.73 Å². The molecule has 1 heterocycles. The fourth-order valence-electron chi connectivity index (χ4n) is 4.71. The van der Waals surface area contributed by atoms with Gasteiger partial charge in [-0.05, 0) is 74.8 Å². The second-order valence-electron chi connectivity index (χ2n) is 9.14. The summed E-state index contributed by atoms with van der Waals surface area (Å²) in [6.45, 7) is 15.4. The summed E-state index contributed by atoms with van der Waals surface area (Å²) in [7, 11) is 0. The zero-order valence-corrected chi connectivity index (χ0v) is 15.1. The molecule has 0 atom stereocenters. The van der Waals surface area contributed by atoms with Crippen LogP contribution in [0.25, 0.3) is 0 Å². The predicted molar refractivity (Wildman–Crippen MR) is 92.3 cm³/mol. The van der Waals surface area contributed by atoms with Crippen LogP contribution >= 0.6 is 0 Å². The van der Waals surface area contributed by atoms with Gasteiger partial charge in [0.25, 0.3) is 0 Å². The average Bonchev–Trinajstić information content (AvgIpc) is 2.46. The van der Waals surface area contributed by atoms with Gasteiger partial charge in [-0.1, -0.05) is 34.6 Å². The molecule has 0 unspecified atom stereocenters. The van der Waals surface area contributed by atoms with E-state index in [2.05, 4.69) is 39.5 Å². The summed E-state index contributed by atoms with van der Waals surface area (Å²) >= 11 is 0. The number of likely N-dealkylation sites (tertiary alicyclic amines) is 1. The van der Waals surface area contributed by atoms with E-state index in [1.807, 2.05) is 0 Å². The Morgan fingerprint density at radius 1 is 1.05 bits per heavy atom. The SMILES string of the molecule is CC(C)C1CCC(CN)(N2CCC(C(C)(C)C)CC2)CC1. The Balaban J connectivity index is 1.94. The molecule has 0 aromatic rings. The highest BCUT2D eigenvalue weighted by atomic mass is 15.2. The van der Waals surface area contributed by atoms with Gasteiger partial charge < -0.3 is 5.73 Å². The molecule has 0 aromatic heterocycles. The molecule has 21 heavy (non-hydrogen) atoms. The minimum atomic E-state index is 0.328.